The number of hydrogen-bond donors (Lipinski definition) is 1. The summed E-state index contributed by atoms with van der Waals surface area (Å²) in [6, 6.07) is 0.648. The van der Waals surface area contributed by atoms with E-state index in [1.54, 1.807) is 0 Å². The maximum absolute atomic E-state index is 3.41. The first-order valence-electron chi connectivity index (χ1n) is 6.05. The second-order valence-electron chi connectivity index (χ2n) is 5.57. The summed E-state index contributed by atoms with van der Waals surface area (Å²) < 4.78 is 0. The summed E-state index contributed by atoms with van der Waals surface area (Å²) in [4.78, 5) is 4.92. The Morgan fingerprint density at radius 1 is 1.27 bits per heavy atom. The molecule has 0 saturated carbocycles. The molecule has 3 nitrogen and oxygen atoms in total. The first kappa shape index (κ1) is 12.9. The fourth-order valence-corrected chi connectivity index (χ4v) is 2.30. The molecule has 90 valence electrons. The highest BCUT2D eigenvalue weighted by atomic mass is 15.2. The van der Waals surface area contributed by atoms with Crippen LogP contribution in [0.25, 0.3) is 0 Å². The quantitative estimate of drug-likeness (QED) is 0.752. The van der Waals surface area contributed by atoms with Crippen LogP contribution in [0.1, 0.15) is 27.2 Å². The standard InChI is InChI=1S/C12H27N3/c1-11(14(4)5)10-12(2,3)15-8-6-13-7-9-15/h11,13H,6-10H2,1-5H3. The van der Waals surface area contributed by atoms with Crippen molar-refractivity contribution < 1.29 is 0 Å². The van der Waals surface area contributed by atoms with Crippen molar-refractivity contribution in [2.45, 2.75) is 38.8 Å². The first-order chi connectivity index (χ1) is 6.93. The Hall–Kier alpha value is -0.120. The lowest BCUT2D eigenvalue weighted by atomic mass is 9.92. The molecule has 3 heteroatoms. The third-order valence-electron chi connectivity index (χ3n) is 3.65. The molecule has 1 fully saturated rings. The highest BCUT2D eigenvalue weighted by Crippen LogP contribution is 2.22. The molecule has 1 aliphatic rings. The zero-order chi connectivity index (χ0) is 11.5. The van der Waals surface area contributed by atoms with E-state index in [9.17, 15) is 0 Å². The number of nitrogens with one attached hydrogen (secondary N) is 1. The molecule has 0 aliphatic carbocycles. The van der Waals surface area contributed by atoms with Gasteiger partial charge in [-0.3, -0.25) is 4.90 Å². The number of hydrogen-bond acceptors (Lipinski definition) is 3. The molecule has 0 aromatic heterocycles. The van der Waals surface area contributed by atoms with Gasteiger partial charge in [0.25, 0.3) is 0 Å². The van der Waals surface area contributed by atoms with Gasteiger partial charge in [0.1, 0.15) is 0 Å². The molecule has 0 spiro atoms. The van der Waals surface area contributed by atoms with E-state index in [-0.39, 0.29) is 0 Å². The first-order valence-corrected chi connectivity index (χ1v) is 6.05. The van der Waals surface area contributed by atoms with Crippen molar-refractivity contribution in [3.05, 3.63) is 0 Å². The van der Waals surface area contributed by atoms with E-state index in [0.29, 0.717) is 11.6 Å². The summed E-state index contributed by atoms with van der Waals surface area (Å²) in [7, 11) is 4.33. The molecule has 0 amide bonds. The summed E-state index contributed by atoms with van der Waals surface area (Å²) in [5.74, 6) is 0. The molecule has 0 aromatic rings. The summed E-state index contributed by atoms with van der Waals surface area (Å²) in [6.07, 6.45) is 1.24. The topological polar surface area (TPSA) is 18.5 Å². The molecule has 1 aliphatic heterocycles. The third kappa shape index (κ3) is 3.74. The molecule has 0 aromatic carbocycles. The molecule has 0 radical (unpaired) electrons. The molecule has 1 heterocycles. The lowest BCUT2D eigenvalue weighted by molar-refractivity contribution is 0.0737. The Labute approximate surface area is 94.8 Å². The van der Waals surface area contributed by atoms with Gasteiger partial charge >= 0.3 is 0 Å². The average molecular weight is 213 g/mol. The molecule has 1 unspecified atom stereocenters. The molecule has 15 heavy (non-hydrogen) atoms. The summed E-state index contributed by atoms with van der Waals surface area (Å²) in [5, 5.41) is 3.41. The van der Waals surface area contributed by atoms with E-state index in [1.165, 1.54) is 19.5 Å². The minimum absolute atomic E-state index is 0.325. The third-order valence-corrected chi connectivity index (χ3v) is 3.65. The van der Waals surface area contributed by atoms with Crippen LogP contribution in [-0.2, 0) is 0 Å². The lowest BCUT2D eigenvalue weighted by Gasteiger charge is -2.43. The van der Waals surface area contributed by atoms with Gasteiger partial charge in [-0.25, -0.2) is 0 Å². The van der Waals surface area contributed by atoms with Crippen LogP contribution < -0.4 is 5.32 Å². The summed E-state index contributed by atoms with van der Waals surface area (Å²) >= 11 is 0. The Balaban J connectivity index is 2.48. The molecular formula is C12H27N3. The van der Waals surface area contributed by atoms with Crippen molar-refractivity contribution in [2.24, 2.45) is 0 Å². The zero-order valence-corrected chi connectivity index (χ0v) is 11.0. The van der Waals surface area contributed by atoms with Crippen LogP contribution in [-0.4, -0.2) is 61.7 Å². The van der Waals surface area contributed by atoms with Crippen molar-refractivity contribution in [2.75, 3.05) is 40.3 Å². The predicted octanol–water partition coefficient (Wildman–Crippen LogP) is 1.01. The van der Waals surface area contributed by atoms with E-state index in [2.05, 4.69) is 50.0 Å². The van der Waals surface area contributed by atoms with Gasteiger partial charge in [0, 0.05) is 37.8 Å². The van der Waals surface area contributed by atoms with Gasteiger partial charge in [-0.05, 0) is 41.3 Å². The van der Waals surface area contributed by atoms with Crippen LogP contribution in [0.5, 0.6) is 0 Å². The molecule has 0 bridgehead atoms. The van der Waals surface area contributed by atoms with Gasteiger partial charge in [-0.1, -0.05) is 0 Å². The van der Waals surface area contributed by atoms with E-state index in [0.717, 1.165) is 13.1 Å². The zero-order valence-electron chi connectivity index (χ0n) is 11.0. The van der Waals surface area contributed by atoms with Crippen LogP contribution >= 0.6 is 0 Å². The number of piperazine rings is 1. The minimum Gasteiger partial charge on any atom is -0.314 e. The van der Waals surface area contributed by atoms with Gasteiger partial charge in [0.05, 0.1) is 0 Å². The van der Waals surface area contributed by atoms with E-state index in [4.69, 9.17) is 0 Å². The maximum Gasteiger partial charge on any atom is 0.0169 e. The fraction of sp³-hybridized carbons (Fsp3) is 1.00. The van der Waals surface area contributed by atoms with E-state index < -0.39 is 0 Å². The van der Waals surface area contributed by atoms with E-state index >= 15 is 0 Å². The van der Waals surface area contributed by atoms with Gasteiger partial charge < -0.3 is 10.2 Å². The normalized spacial score (nSPS) is 22.0. The smallest absolute Gasteiger partial charge is 0.0169 e. The SMILES string of the molecule is CC(CC(C)(C)N1CCNCC1)N(C)C. The highest BCUT2D eigenvalue weighted by molar-refractivity contribution is 4.87. The van der Waals surface area contributed by atoms with Crippen LogP contribution in [0.4, 0.5) is 0 Å². The van der Waals surface area contributed by atoms with Crippen molar-refractivity contribution >= 4 is 0 Å². The Bertz CT molecular complexity index is 183. The number of rotatable bonds is 4. The summed E-state index contributed by atoms with van der Waals surface area (Å²) in [6.45, 7) is 11.7. The Kier molecular flexibility index (Phi) is 4.56. The van der Waals surface area contributed by atoms with Crippen LogP contribution in [0.3, 0.4) is 0 Å². The van der Waals surface area contributed by atoms with Crippen molar-refractivity contribution in [1.29, 1.82) is 0 Å². The largest absolute Gasteiger partial charge is 0.314 e. The molecular weight excluding hydrogens is 186 g/mol. The van der Waals surface area contributed by atoms with Gasteiger partial charge in [-0.15, -0.1) is 0 Å². The van der Waals surface area contributed by atoms with Crippen molar-refractivity contribution in [3.8, 4) is 0 Å². The highest BCUT2D eigenvalue weighted by Gasteiger charge is 2.29. The minimum atomic E-state index is 0.325. The van der Waals surface area contributed by atoms with Crippen LogP contribution in [0, 0.1) is 0 Å². The average Bonchev–Trinajstić information content (AvgIpc) is 2.18. The fourth-order valence-electron chi connectivity index (χ4n) is 2.30. The Morgan fingerprint density at radius 3 is 2.27 bits per heavy atom. The molecule has 1 N–H and O–H groups in total. The molecule has 1 rings (SSSR count). The second-order valence-corrected chi connectivity index (χ2v) is 5.57. The van der Waals surface area contributed by atoms with Crippen molar-refractivity contribution in [3.63, 3.8) is 0 Å². The predicted molar refractivity (Wildman–Crippen MR) is 66.3 cm³/mol. The van der Waals surface area contributed by atoms with Crippen LogP contribution in [0.15, 0.2) is 0 Å². The van der Waals surface area contributed by atoms with E-state index in [1.807, 2.05) is 0 Å². The van der Waals surface area contributed by atoms with Crippen molar-refractivity contribution in [1.82, 2.24) is 15.1 Å². The monoisotopic (exact) mass is 213 g/mol. The number of nitrogens with zero attached hydrogens (tertiary/aromatic N) is 2. The molecule has 1 atom stereocenters. The van der Waals surface area contributed by atoms with Gasteiger partial charge in [0.2, 0.25) is 0 Å². The van der Waals surface area contributed by atoms with Gasteiger partial charge in [0.15, 0.2) is 0 Å². The summed E-state index contributed by atoms with van der Waals surface area (Å²) in [5.41, 5.74) is 0.325. The maximum atomic E-state index is 3.41. The lowest BCUT2D eigenvalue weighted by Crippen LogP contribution is -2.55. The Morgan fingerprint density at radius 2 is 1.80 bits per heavy atom. The second kappa shape index (κ2) is 5.28. The molecule has 1 saturated heterocycles. The van der Waals surface area contributed by atoms with Gasteiger partial charge in [-0.2, -0.15) is 0 Å². The van der Waals surface area contributed by atoms with Crippen LogP contribution in [0.2, 0.25) is 0 Å².